The molecule has 3 aromatic rings. The van der Waals surface area contributed by atoms with Crippen LogP contribution in [0.3, 0.4) is 0 Å². The maximum Gasteiger partial charge on any atom is 0.209 e. The van der Waals surface area contributed by atoms with Crippen LogP contribution in [-0.2, 0) is 5.75 Å². The highest BCUT2D eigenvalue weighted by atomic mass is 35.5. The van der Waals surface area contributed by atoms with Gasteiger partial charge in [0.1, 0.15) is 11.6 Å². The van der Waals surface area contributed by atoms with E-state index in [1.807, 2.05) is 24.3 Å². The monoisotopic (exact) mass is 349 g/mol. The minimum Gasteiger partial charge on any atom is -0.497 e. The number of ether oxygens (including phenoxy) is 1. The van der Waals surface area contributed by atoms with Gasteiger partial charge in [-0.1, -0.05) is 29.4 Å². The van der Waals surface area contributed by atoms with Gasteiger partial charge in [0.25, 0.3) is 0 Å². The molecule has 23 heavy (non-hydrogen) atoms. The zero-order valence-corrected chi connectivity index (χ0v) is 13.8. The van der Waals surface area contributed by atoms with Gasteiger partial charge in [-0.25, -0.2) is 9.37 Å². The van der Waals surface area contributed by atoms with E-state index in [4.69, 9.17) is 16.3 Å². The van der Waals surface area contributed by atoms with E-state index in [2.05, 4.69) is 15.2 Å². The summed E-state index contributed by atoms with van der Waals surface area (Å²) in [5, 5.41) is 8.09. The lowest BCUT2D eigenvalue weighted by molar-refractivity contribution is 0.415. The van der Waals surface area contributed by atoms with Gasteiger partial charge in [0.15, 0.2) is 5.82 Å². The summed E-state index contributed by atoms with van der Waals surface area (Å²) in [5.74, 6) is 1.69. The second kappa shape index (κ2) is 7.02. The van der Waals surface area contributed by atoms with Crippen molar-refractivity contribution in [1.82, 2.24) is 15.2 Å². The number of nitrogens with zero attached hydrogens (tertiary/aromatic N) is 2. The van der Waals surface area contributed by atoms with E-state index in [-0.39, 0.29) is 5.82 Å². The van der Waals surface area contributed by atoms with Crippen LogP contribution in [0.4, 0.5) is 4.39 Å². The Labute approximate surface area is 142 Å². The number of nitrogens with one attached hydrogen (secondary N) is 1. The fourth-order valence-electron chi connectivity index (χ4n) is 1.97. The Bertz CT molecular complexity index is 807. The van der Waals surface area contributed by atoms with Gasteiger partial charge >= 0.3 is 0 Å². The minimum absolute atomic E-state index is 0.344. The molecule has 1 aromatic heterocycles. The number of thioether (sulfide) groups is 1. The number of aromatic amines is 1. The van der Waals surface area contributed by atoms with Crippen molar-refractivity contribution in [1.29, 1.82) is 0 Å². The number of aromatic nitrogens is 3. The molecule has 7 heteroatoms. The fourth-order valence-corrected chi connectivity index (χ4v) is 3.09. The van der Waals surface area contributed by atoms with Crippen LogP contribution < -0.4 is 4.74 Å². The zero-order chi connectivity index (χ0) is 16.2. The average molecular weight is 350 g/mol. The van der Waals surface area contributed by atoms with Crippen molar-refractivity contribution in [3.8, 4) is 17.1 Å². The predicted octanol–water partition coefficient (Wildman–Crippen LogP) is 4.57. The minimum atomic E-state index is -0.344. The maximum atomic E-state index is 13.0. The summed E-state index contributed by atoms with van der Waals surface area (Å²) in [6.45, 7) is 0. The number of rotatable bonds is 5. The van der Waals surface area contributed by atoms with Crippen molar-refractivity contribution in [2.75, 3.05) is 7.11 Å². The quantitative estimate of drug-likeness (QED) is 0.686. The number of benzene rings is 2. The van der Waals surface area contributed by atoms with E-state index >= 15 is 0 Å². The number of H-pyrrole nitrogens is 1. The van der Waals surface area contributed by atoms with Crippen molar-refractivity contribution in [2.45, 2.75) is 10.9 Å². The molecule has 118 valence electrons. The van der Waals surface area contributed by atoms with Crippen LogP contribution in [0.15, 0.2) is 47.6 Å². The van der Waals surface area contributed by atoms with Gasteiger partial charge in [-0.2, -0.15) is 0 Å². The van der Waals surface area contributed by atoms with E-state index in [0.717, 1.165) is 16.9 Å². The molecule has 0 spiro atoms. The molecule has 0 radical (unpaired) electrons. The second-order valence-corrected chi connectivity index (χ2v) is 6.07. The highest BCUT2D eigenvalue weighted by Crippen LogP contribution is 2.27. The molecule has 0 aliphatic heterocycles. The Kier molecular flexibility index (Phi) is 4.83. The third-order valence-electron chi connectivity index (χ3n) is 3.20. The Morgan fingerprint density at radius 2 is 2.00 bits per heavy atom. The molecule has 0 unspecified atom stereocenters. The van der Waals surface area contributed by atoms with Gasteiger partial charge in [0.2, 0.25) is 5.16 Å². The van der Waals surface area contributed by atoms with E-state index in [1.165, 1.54) is 23.9 Å². The van der Waals surface area contributed by atoms with Crippen LogP contribution in [-0.4, -0.2) is 22.3 Å². The molecule has 0 saturated heterocycles. The van der Waals surface area contributed by atoms with Gasteiger partial charge < -0.3 is 4.74 Å². The molecule has 3 rings (SSSR count). The van der Waals surface area contributed by atoms with Gasteiger partial charge in [-0.05, 0) is 42.0 Å². The molecule has 0 aliphatic carbocycles. The van der Waals surface area contributed by atoms with Crippen LogP contribution >= 0.6 is 23.4 Å². The second-order valence-electron chi connectivity index (χ2n) is 4.72. The van der Waals surface area contributed by atoms with Crippen molar-refractivity contribution in [3.05, 3.63) is 58.9 Å². The Morgan fingerprint density at radius 3 is 2.70 bits per heavy atom. The standard InChI is InChI=1S/C16H13ClFN3OS/c1-22-13-6-3-10(4-7-13)15-19-16(21-20-15)23-9-11-2-5-12(18)8-14(11)17/h2-8H,9H2,1H3,(H,19,20,21). The molecule has 0 bridgehead atoms. The molecule has 0 amide bonds. The van der Waals surface area contributed by atoms with E-state index in [0.29, 0.717) is 21.8 Å². The summed E-state index contributed by atoms with van der Waals surface area (Å²) < 4.78 is 18.2. The summed E-state index contributed by atoms with van der Waals surface area (Å²) in [6.07, 6.45) is 0. The highest BCUT2D eigenvalue weighted by molar-refractivity contribution is 7.98. The summed E-state index contributed by atoms with van der Waals surface area (Å²) >= 11 is 7.44. The summed E-state index contributed by atoms with van der Waals surface area (Å²) in [5.41, 5.74) is 1.76. The normalized spacial score (nSPS) is 10.7. The molecular weight excluding hydrogens is 337 g/mol. The average Bonchev–Trinajstić information content (AvgIpc) is 3.03. The number of hydrogen-bond donors (Lipinski definition) is 1. The highest BCUT2D eigenvalue weighted by Gasteiger charge is 2.08. The first kappa shape index (κ1) is 15.8. The van der Waals surface area contributed by atoms with Crippen LogP contribution in [0.2, 0.25) is 5.02 Å². The SMILES string of the molecule is COc1ccc(-c2nc(SCc3ccc(F)cc3Cl)n[nH]2)cc1. The largest absolute Gasteiger partial charge is 0.497 e. The Morgan fingerprint density at radius 1 is 1.22 bits per heavy atom. The molecule has 0 fully saturated rings. The predicted molar refractivity (Wildman–Crippen MR) is 89.3 cm³/mol. The van der Waals surface area contributed by atoms with Gasteiger partial charge in [-0.15, -0.1) is 5.10 Å². The van der Waals surface area contributed by atoms with Crippen LogP contribution in [0.1, 0.15) is 5.56 Å². The number of halogens is 2. The van der Waals surface area contributed by atoms with Crippen LogP contribution in [0.25, 0.3) is 11.4 Å². The summed E-state index contributed by atoms with van der Waals surface area (Å²) in [6, 6.07) is 11.9. The van der Waals surface area contributed by atoms with Crippen molar-refractivity contribution in [3.63, 3.8) is 0 Å². The lowest BCUT2D eigenvalue weighted by Gasteiger charge is -2.02. The Balaban J connectivity index is 1.69. The van der Waals surface area contributed by atoms with Crippen molar-refractivity contribution in [2.24, 2.45) is 0 Å². The third kappa shape index (κ3) is 3.83. The first-order valence-electron chi connectivity index (χ1n) is 6.79. The van der Waals surface area contributed by atoms with Gasteiger partial charge in [0, 0.05) is 16.3 Å². The van der Waals surface area contributed by atoms with E-state index in [9.17, 15) is 4.39 Å². The molecule has 1 heterocycles. The molecule has 0 atom stereocenters. The Hall–Kier alpha value is -2.05. The van der Waals surface area contributed by atoms with Gasteiger partial charge in [0.05, 0.1) is 7.11 Å². The summed E-state index contributed by atoms with van der Waals surface area (Å²) in [7, 11) is 1.62. The van der Waals surface area contributed by atoms with E-state index in [1.54, 1.807) is 13.2 Å². The first-order chi connectivity index (χ1) is 11.2. The van der Waals surface area contributed by atoms with Crippen LogP contribution in [0.5, 0.6) is 5.75 Å². The van der Waals surface area contributed by atoms with Crippen molar-refractivity contribution < 1.29 is 9.13 Å². The van der Waals surface area contributed by atoms with Crippen molar-refractivity contribution >= 4 is 23.4 Å². The molecule has 0 saturated carbocycles. The van der Waals surface area contributed by atoms with Gasteiger partial charge in [-0.3, -0.25) is 5.10 Å². The zero-order valence-electron chi connectivity index (χ0n) is 12.2. The number of hydrogen-bond acceptors (Lipinski definition) is 4. The first-order valence-corrected chi connectivity index (χ1v) is 8.15. The topological polar surface area (TPSA) is 50.8 Å². The molecule has 2 aromatic carbocycles. The number of methoxy groups -OCH3 is 1. The molecule has 1 N–H and O–H groups in total. The molecule has 0 aliphatic rings. The molecular formula is C16H13ClFN3OS. The molecule has 4 nitrogen and oxygen atoms in total. The lowest BCUT2D eigenvalue weighted by Crippen LogP contribution is -1.86. The fraction of sp³-hybridized carbons (Fsp3) is 0.125. The third-order valence-corrected chi connectivity index (χ3v) is 4.45. The maximum absolute atomic E-state index is 13.0. The summed E-state index contributed by atoms with van der Waals surface area (Å²) in [4.78, 5) is 4.44. The van der Waals surface area contributed by atoms with Crippen LogP contribution in [0, 0.1) is 5.82 Å². The van der Waals surface area contributed by atoms with E-state index < -0.39 is 0 Å². The lowest BCUT2D eigenvalue weighted by atomic mass is 10.2. The smallest absolute Gasteiger partial charge is 0.209 e.